The largest absolute Gasteiger partial charge is 0.310 e. The molecule has 2 atom stereocenters. The van der Waals surface area contributed by atoms with Crippen LogP contribution in [-0.4, -0.2) is 26.0 Å². The lowest BCUT2D eigenvalue weighted by atomic mass is 9.92. The molecule has 120 valence electrons. The topological polar surface area (TPSA) is 46.2 Å². The van der Waals surface area contributed by atoms with Crippen LogP contribution in [0.4, 0.5) is 0 Å². The van der Waals surface area contributed by atoms with Gasteiger partial charge in [-0.25, -0.2) is 8.42 Å². The number of nitrogens with one attached hydrogen (secondary N) is 1. The summed E-state index contributed by atoms with van der Waals surface area (Å²) in [7, 11) is -2.96. The van der Waals surface area contributed by atoms with Crippen LogP contribution in [0.5, 0.6) is 0 Å². The maximum atomic E-state index is 12.0. The van der Waals surface area contributed by atoms with Crippen LogP contribution in [0.15, 0.2) is 30.3 Å². The molecule has 2 unspecified atom stereocenters. The first-order valence-electron chi connectivity index (χ1n) is 7.88. The molecule has 0 heterocycles. The molecule has 0 amide bonds. The fourth-order valence-electron chi connectivity index (χ4n) is 2.36. The number of hydrogen-bond donors (Lipinski definition) is 1. The van der Waals surface area contributed by atoms with Crippen LogP contribution in [0, 0.1) is 5.92 Å². The van der Waals surface area contributed by atoms with Gasteiger partial charge in [0.1, 0.15) is 0 Å². The van der Waals surface area contributed by atoms with Gasteiger partial charge in [-0.05, 0) is 44.7 Å². The summed E-state index contributed by atoms with van der Waals surface area (Å²) in [6.45, 7) is 8.73. The van der Waals surface area contributed by atoms with Crippen molar-refractivity contribution in [1.29, 1.82) is 0 Å². The lowest BCUT2D eigenvalue weighted by molar-refractivity contribution is 0.377. The zero-order chi connectivity index (χ0) is 15.9. The molecule has 0 spiro atoms. The molecule has 21 heavy (non-hydrogen) atoms. The smallest absolute Gasteiger partial charge is 0.152 e. The molecule has 0 aromatic heterocycles. The SMILES string of the molecule is CCCNC(c1ccccc1)C(C)CCS(=O)(=O)C(C)C. The van der Waals surface area contributed by atoms with E-state index in [1.807, 2.05) is 18.2 Å². The first kappa shape index (κ1) is 18.2. The number of benzene rings is 1. The molecular weight excluding hydrogens is 282 g/mol. The molecule has 1 aromatic rings. The molecule has 1 N–H and O–H groups in total. The van der Waals surface area contributed by atoms with Crippen molar-refractivity contribution in [2.24, 2.45) is 5.92 Å². The lowest BCUT2D eigenvalue weighted by Gasteiger charge is -2.26. The minimum absolute atomic E-state index is 0.216. The monoisotopic (exact) mass is 311 g/mol. The maximum Gasteiger partial charge on any atom is 0.152 e. The molecule has 0 radical (unpaired) electrons. The Hall–Kier alpha value is -0.870. The Morgan fingerprint density at radius 3 is 2.24 bits per heavy atom. The van der Waals surface area contributed by atoms with Gasteiger partial charge in [0, 0.05) is 6.04 Å². The van der Waals surface area contributed by atoms with Gasteiger partial charge in [-0.1, -0.05) is 44.2 Å². The van der Waals surface area contributed by atoms with Crippen molar-refractivity contribution in [3.63, 3.8) is 0 Å². The molecule has 1 aromatic carbocycles. The Morgan fingerprint density at radius 2 is 1.71 bits per heavy atom. The fourth-order valence-corrected chi connectivity index (χ4v) is 3.53. The van der Waals surface area contributed by atoms with Gasteiger partial charge in [-0.3, -0.25) is 0 Å². The minimum atomic E-state index is -2.96. The minimum Gasteiger partial charge on any atom is -0.310 e. The van der Waals surface area contributed by atoms with E-state index in [0.717, 1.165) is 13.0 Å². The highest BCUT2D eigenvalue weighted by Crippen LogP contribution is 2.25. The summed E-state index contributed by atoms with van der Waals surface area (Å²) in [5.41, 5.74) is 1.24. The molecule has 0 aliphatic carbocycles. The third-order valence-electron chi connectivity index (χ3n) is 3.92. The van der Waals surface area contributed by atoms with Crippen molar-refractivity contribution in [2.75, 3.05) is 12.3 Å². The second-order valence-corrected chi connectivity index (χ2v) is 8.70. The highest BCUT2D eigenvalue weighted by atomic mass is 32.2. The van der Waals surface area contributed by atoms with E-state index in [2.05, 4.69) is 31.3 Å². The Labute approximate surface area is 130 Å². The van der Waals surface area contributed by atoms with E-state index in [1.165, 1.54) is 5.56 Å². The summed E-state index contributed by atoms with van der Waals surface area (Å²) in [5, 5.41) is 3.27. The van der Waals surface area contributed by atoms with Crippen molar-refractivity contribution in [3.8, 4) is 0 Å². The Balaban J connectivity index is 2.75. The number of sulfone groups is 1. The van der Waals surface area contributed by atoms with E-state index in [-0.39, 0.29) is 23.0 Å². The highest BCUT2D eigenvalue weighted by Gasteiger charge is 2.22. The molecule has 4 heteroatoms. The van der Waals surface area contributed by atoms with Gasteiger partial charge in [-0.2, -0.15) is 0 Å². The first-order chi connectivity index (χ1) is 9.88. The van der Waals surface area contributed by atoms with Gasteiger partial charge in [-0.15, -0.1) is 0 Å². The van der Waals surface area contributed by atoms with E-state index in [1.54, 1.807) is 13.8 Å². The zero-order valence-corrected chi connectivity index (χ0v) is 14.5. The van der Waals surface area contributed by atoms with Crippen LogP contribution < -0.4 is 5.32 Å². The predicted molar refractivity (Wildman–Crippen MR) is 90.2 cm³/mol. The van der Waals surface area contributed by atoms with Crippen LogP contribution in [0.2, 0.25) is 0 Å². The van der Waals surface area contributed by atoms with Crippen molar-refractivity contribution in [1.82, 2.24) is 5.32 Å². The summed E-state index contributed by atoms with van der Waals surface area (Å²) >= 11 is 0. The standard InChI is InChI=1S/C17H29NO2S/c1-5-12-18-17(16-9-7-6-8-10-16)15(4)11-13-21(19,20)14(2)3/h6-10,14-15,17-18H,5,11-13H2,1-4H3. The molecule has 0 saturated carbocycles. The summed E-state index contributed by atoms with van der Waals surface area (Å²) in [4.78, 5) is 0. The third kappa shape index (κ3) is 5.79. The van der Waals surface area contributed by atoms with Gasteiger partial charge < -0.3 is 5.32 Å². The van der Waals surface area contributed by atoms with Crippen LogP contribution in [0.25, 0.3) is 0 Å². The Morgan fingerprint density at radius 1 is 1.10 bits per heavy atom. The second kappa shape index (κ2) is 8.54. The number of hydrogen-bond acceptors (Lipinski definition) is 3. The third-order valence-corrected chi connectivity index (χ3v) is 6.16. The summed E-state index contributed by atoms with van der Waals surface area (Å²) in [5.74, 6) is 0.552. The quantitative estimate of drug-likeness (QED) is 0.758. The molecule has 0 aliphatic heterocycles. The molecule has 3 nitrogen and oxygen atoms in total. The predicted octanol–water partition coefficient (Wildman–Crippen LogP) is 3.58. The molecular formula is C17H29NO2S. The maximum absolute atomic E-state index is 12.0. The van der Waals surface area contributed by atoms with Gasteiger partial charge in [0.15, 0.2) is 9.84 Å². The summed E-state index contributed by atoms with van der Waals surface area (Å²) in [6.07, 6.45) is 1.76. The van der Waals surface area contributed by atoms with Crippen molar-refractivity contribution in [2.45, 2.75) is 51.8 Å². The highest BCUT2D eigenvalue weighted by molar-refractivity contribution is 7.91. The summed E-state index contributed by atoms with van der Waals surface area (Å²) in [6, 6.07) is 10.5. The lowest BCUT2D eigenvalue weighted by Crippen LogP contribution is -2.29. The zero-order valence-electron chi connectivity index (χ0n) is 13.7. The van der Waals surface area contributed by atoms with Gasteiger partial charge >= 0.3 is 0 Å². The summed E-state index contributed by atoms with van der Waals surface area (Å²) < 4.78 is 24.0. The Kier molecular flexibility index (Phi) is 7.40. The van der Waals surface area contributed by atoms with E-state index in [0.29, 0.717) is 6.42 Å². The van der Waals surface area contributed by atoms with Crippen molar-refractivity contribution in [3.05, 3.63) is 35.9 Å². The fraction of sp³-hybridized carbons (Fsp3) is 0.647. The molecule has 1 rings (SSSR count). The molecule has 0 aliphatic rings. The molecule has 0 fully saturated rings. The van der Waals surface area contributed by atoms with E-state index >= 15 is 0 Å². The second-order valence-electron chi connectivity index (χ2n) is 6.02. The van der Waals surface area contributed by atoms with Crippen molar-refractivity contribution >= 4 is 9.84 Å². The average Bonchev–Trinajstić information content (AvgIpc) is 2.46. The van der Waals surface area contributed by atoms with Crippen LogP contribution in [0.1, 0.15) is 52.1 Å². The molecule has 0 saturated heterocycles. The normalized spacial score (nSPS) is 15.1. The van der Waals surface area contributed by atoms with Gasteiger partial charge in [0.25, 0.3) is 0 Å². The van der Waals surface area contributed by atoms with Crippen LogP contribution in [-0.2, 0) is 9.84 Å². The van der Waals surface area contributed by atoms with E-state index in [9.17, 15) is 8.42 Å². The number of rotatable bonds is 9. The molecule has 0 bridgehead atoms. The van der Waals surface area contributed by atoms with Crippen molar-refractivity contribution < 1.29 is 8.42 Å². The first-order valence-corrected chi connectivity index (χ1v) is 9.60. The average molecular weight is 311 g/mol. The van der Waals surface area contributed by atoms with E-state index < -0.39 is 9.84 Å². The van der Waals surface area contributed by atoms with Crippen LogP contribution in [0.3, 0.4) is 0 Å². The Bertz CT molecular complexity index is 497. The van der Waals surface area contributed by atoms with E-state index in [4.69, 9.17) is 0 Å². The van der Waals surface area contributed by atoms with Crippen LogP contribution >= 0.6 is 0 Å². The van der Waals surface area contributed by atoms with Gasteiger partial charge in [0.2, 0.25) is 0 Å². The van der Waals surface area contributed by atoms with Gasteiger partial charge in [0.05, 0.1) is 11.0 Å².